The molecule has 8 atom stereocenters. The molecule has 5 aliphatic carbocycles. The Kier molecular flexibility index (Phi) is 5.00. The number of tetrazole rings is 1. The maximum absolute atomic E-state index is 14.5. The van der Waals surface area contributed by atoms with Crippen LogP contribution < -0.4 is 0 Å². The fourth-order valence-electron chi connectivity index (χ4n) is 11.3. The average molecular weight is 495 g/mol. The fourth-order valence-corrected chi connectivity index (χ4v) is 11.3. The third-order valence-electron chi connectivity index (χ3n) is 13.6. The Labute approximate surface area is 216 Å². The lowest BCUT2D eigenvalue weighted by atomic mass is 9.31. The Hall–Kier alpha value is -1.59. The van der Waals surface area contributed by atoms with Crippen molar-refractivity contribution in [2.24, 2.45) is 50.7 Å². The van der Waals surface area contributed by atoms with Crippen molar-refractivity contribution in [2.75, 3.05) is 0 Å². The summed E-state index contributed by atoms with van der Waals surface area (Å²) in [4.78, 5) is 27.5. The number of Topliss-reactive ketones (excluding diaryl/α,β-unsaturated/α-hetero) is 2. The molecule has 0 amide bonds. The van der Waals surface area contributed by atoms with E-state index in [0.717, 1.165) is 57.2 Å². The van der Waals surface area contributed by atoms with Gasteiger partial charge in [-0.2, -0.15) is 5.21 Å². The number of carbonyl (C=O) groups is 2. The van der Waals surface area contributed by atoms with Gasteiger partial charge < -0.3 is 0 Å². The smallest absolute Gasteiger partial charge is 0.180 e. The molecule has 1 aromatic rings. The number of fused-ring (bicyclic) bond motifs is 7. The standard InChI is InChI=1S/C30H46N4O2/c1-25(2)12-14-30(24-31-33-34-32-24)15-13-29(7)23(18(30)17-25)19(35)16-21-27(5)10-9-22(36)26(3,4)20(27)8-11-28(21,29)6/h18,20-21,23H,8-17H2,1-7H3,(H,31,32,33,34)/t18-,20-,21+,23-,27-,28+,29+,30?/m0/s1. The third-order valence-corrected chi connectivity index (χ3v) is 13.6. The molecule has 0 radical (unpaired) electrons. The average Bonchev–Trinajstić information content (AvgIpc) is 3.33. The van der Waals surface area contributed by atoms with Gasteiger partial charge in [-0.25, -0.2) is 0 Å². The van der Waals surface area contributed by atoms with Crippen molar-refractivity contribution in [3.8, 4) is 0 Å². The van der Waals surface area contributed by atoms with Gasteiger partial charge in [0.05, 0.1) is 0 Å². The minimum atomic E-state index is -0.289. The summed E-state index contributed by atoms with van der Waals surface area (Å²) in [6, 6.07) is 0. The van der Waals surface area contributed by atoms with E-state index in [2.05, 4.69) is 69.1 Å². The molecule has 0 bridgehead atoms. The molecule has 1 unspecified atom stereocenters. The molecule has 0 aromatic carbocycles. The predicted octanol–water partition coefficient (Wildman–Crippen LogP) is 6.08. The van der Waals surface area contributed by atoms with Crippen LogP contribution in [0.5, 0.6) is 0 Å². The molecule has 1 N–H and O–H groups in total. The molecule has 36 heavy (non-hydrogen) atoms. The maximum atomic E-state index is 14.5. The number of ketones is 2. The topological polar surface area (TPSA) is 88.6 Å². The van der Waals surface area contributed by atoms with Gasteiger partial charge in [-0.15, -0.1) is 10.2 Å². The first-order valence-corrected chi connectivity index (χ1v) is 14.5. The molecule has 6 nitrogen and oxygen atoms in total. The van der Waals surface area contributed by atoms with Crippen LogP contribution in [0.2, 0.25) is 0 Å². The Morgan fingerprint density at radius 1 is 0.833 bits per heavy atom. The van der Waals surface area contributed by atoms with Crippen molar-refractivity contribution in [1.82, 2.24) is 20.6 Å². The van der Waals surface area contributed by atoms with Crippen molar-refractivity contribution in [3.63, 3.8) is 0 Å². The minimum absolute atomic E-state index is 0.0437. The van der Waals surface area contributed by atoms with Gasteiger partial charge in [-0.3, -0.25) is 9.59 Å². The highest BCUT2D eigenvalue weighted by molar-refractivity contribution is 5.86. The van der Waals surface area contributed by atoms with Crippen LogP contribution in [0.3, 0.4) is 0 Å². The van der Waals surface area contributed by atoms with E-state index in [1.54, 1.807) is 0 Å². The zero-order valence-electron chi connectivity index (χ0n) is 23.5. The number of carbonyl (C=O) groups excluding carboxylic acids is 2. The van der Waals surface area contributed by atoms with Crippen LogP contribution in [-0.4, -0.2) is 32.2 Å². The van der Waals surface area contributed by atoms with Crippen LogP contribution in [0.25, 0.3) is 0 Å². The third kappa shape index (κ3) is 2.88. The van der Waals surface area contributed by atoms with E-state index in [-0.39, 0.29) is 44.3 Å². The lowest BCUT2D eigenvalue weighted by molar-refractivity contribution is -0.227. The Bertz CT molecular complexity index is 1090. The van der Waals surface area contributed by atoms with Crippen LogP contribution in [-0.2, 0) is 15.0 Å². The van der Waals surface area contributed by atoms with Crippen molar-refractivity contribution >= 4 is 11.6 Å². The fraction of sp³-hybridized carbons (Fsp3) is 0.900. The van der Waals surface area contributed by atoms with E-state index in [0.29, 0.717) is 36.2 Å². The molecule has 5 saturated carbocycles. The normalized spacial score (nSPS) is 49.4. The van der Waals surface area contributed by atoms with Crippen LogP contribution in [0.15, 0.2) is 0 Å². The highest BCUT2D eigenvalue weighted by Gasteiger charge is 2.72. The molecule has 5 fully saturated rings. The van der Waals surface area contributed by atoms with Gasteiger partial charge in [0.15, 0.2) is 5.82 Å². The van der Waals surface area contributed by atoms with Gasteiger partial charge in [0.25, 0.3) is 0 Å². The van der Waals surface area contributed by atoms with Gasteiger partial charge in [0.2, 0.25) is 0 Å². The van der Waals surface area contributed by atoms with Crippen molar-refractivity contribution in [3.05, 3.63) is 5.82 Å². The van der Waals surface area contributed by atoms with Crippen LogP contribution in [0.4, 0.5) is 0 Å². The molecular weight excluding hydrogens is 448 g/mol. The van der Waals surface area contributed by atoms with Crippen molar-refractivity contribution < 1.29 is 9.59 Å². The molecular formula is C30H46N4O2. The first-order chi connectivity index (χ1) is 16.7. The molecule has 198 valence electrons. The van der Waals surface area contributed by atoms with E-state index >= 15 is 0 Å². The summed E-state index contributed by atoms with van der Waals surface area (Å²) >= 11 is 0. The number of H-pyrrole nitrogens is 1. The molecule has 0 aliphatic heterocycles. The van der Waals surface area contributed by atoms with Crippen molar-refractivity contribution in [2.45, 2.75) is 118 Å². The quantitative estimate of drug-likeness (QED) is 0.511. The van der Waals surface area contributed by atoms with E-state index in [4.69, 9.17) is 0 Å². The number of aromatic amines is 1. The Balaban J connectivity index is 1.45. The summed E-state index contributed by atoms with van der Waals surface area (Å²) in [6.45, 7) is 16.6. The van der Waals surface area contributed by atoms with Crippen molar-refractivity contribution in [1.29, 1.82) is 0 Å². The highest BCUT2D eigenvalue weighted by atomic mass is 16.1. The summed E-state index contributed by atoms with van der Waals surface area (Å²) in [7, 11) is 0. The molecule has 6 heteroatoms. The Morgan fingerprint density at radius 3 is 2.25 bits per heavy atom. The molecule has 1 heterocycles. The van der Waals surface area contributed by atoms with Gasteiger partial charge >= 0.3 is 0 Å². The SMILES string of the molecule is CC1(C)CCC2(c3nn[nH]n3)CC[C@]3(C)[C@H](C(=O)C[C@@H]4[C@@]5(C)CCC(=O)C(C)(C)[C@@H]5CC[C@]43C)[C@@H]2C1. The van der Waals surface area contributed by atoms with Gasteiger partial charge in [0.1, 0.15) is 11.6 Å². The number of hydrogen-bond donors (Lipinski definition) is 1. The molecule has 6 rings (SSSR count). The lowest BCUT2D eigenvalue weighted by Crippen LogP contribution is -2.69. The molecule has 1 aromatic heterocycles. The first kappa shape index (κ1) is 24.7. The number of nitrogens with one attached hydrogen (secondary N) is 1. The second-order valence-electron chi connectivity index (χ2n) is 15.6. The molecule has 5 aliphatic rings. The largest absolute Gasteiger partial charge is 0.299 e. The zero-order chi connectivity index (χ0) is 25.9. The van der Waals surface area contributed by atoms with Gasteiger partial charge in [-0.05, 0) is 90.8 Å². The number of hydrogen-bond acceptors (Lipinski definition) is 5. The number of aromatic nitrogens is 4. The van der Waals surface area contributed by atoms with E-state index in [9.17, 15) is 9.59 Å². The second-order valence-corrected chi connectivity index (χ2v) is 15.6. The van der Waals surface area contributed by atoms with E-state index in [1.165, 1.54) is 0 Å². The summed E-state index contributed by atoms with van der Waals surface area (Å²) < 4.78 is 0. The summed E-state index contributed by atoms with van der Waals surface area (Å²) in [5.41, 5.74) is -0.126. The summed E-state index contributed by atoms with van der Waals surface area (Å²) in [5.74, 6) is 2.76. The first-order valence-electron chi connectivity index (χ1n) is 14.5. The van der Waals surface area contributed by atoms with Crippen LogP contribution >= 0.6 is 0 Å². The summed E-state index contributed by atoms with van der Waals surface area (Å²) in [6.07, 6.45) is 9.83. The minimum Gasteiger partial charge on any atom is -0.299 e. The predicted molar refractivity (Wildman–Crippen MR) is 138 cm³/mol. The second kappa shape index (κ2) is 7.28. The maximum Gasteiger partial charge on any atom is 0.180 e. The van der Waals surface area contributed by atoms with Gasteiger partial charge in [0, 0.05) is 29.6 Å². The van der Waals surface area contributed by atoms with E-state index in [1.807, 2.05) is 0 Å². The van der Waals surface area contributed by atoms with Gasteiger partial charge in [-0.1, -0.05) is 53.7 Å². The number of rotatable bonds is 1. The number of nitrogens with zero attached hydrogens (tertiary/aromatic N) is 3. The molecule has 0 saturated heterocycles. The summed E-state index contributed by atoms with van der Waals surface area (Å²) in [5, 5.41) is 15.8. The lowest BCUT2D eigenvalue weighted by Gasteiger charge is -2.72. The Morgan fingerprint density at radius 2 is 1.56 bits per heavy atom. The van der Waals surface area contributed by atoms with Crippen LogP contribution in [0.1, 0.15) is 118 Å². The van der Waals surface area contributed by atoms with E-state index < -0.39 is 0 Å². The molecule has 0 spiro atoms. The highest BCUT2D eigenvalue weighted by Crippen LogP contribution is 2.76. The zero-order valence-corrected chi connectivity index (χ0v) is 23.5. The monoisotopic (exact) mass is 494 g/mol. The van der Waals surface area contributed by atoms with Crippen LogP contribution in [0, 0.1) is 50.7 Å².